The molecule has 8 heteroatoms. The average molecular weight is 467 g/mol. The van der Waals surface area contributed by atoms with Crippen LogP contribution in [0.25, 0.3) is 27.9 Å². The minimum atomic E-state index is -0.522. The summed E-state index contributed by atoms with van der Waals surface area (Å²) in [7, 11) is 0. The third-order valence-corrected chi connectivity index (χ3v) is 5.69. The van der Waals surface area contributed by atoms with E-state index in [2.05, 4.69) is 15.9 Å². The molecule has 4 aromatic rings. The van der Waals surface area contributed by atoms with Crippen LogP contribution in [-0.4, -0.2) is 39.8 Å². The molecule has 2 aromatic carbocycles. The van der Waals surface area contributed by atoms with Crippen LogP contribution in [0.15, 0.2) is 53.0 Å². The Hall–Kier alpha value is -2.97. The molecule has 3 heterocycles. The number of anilines is 1. The number of fused-ring (bicyclic) bond motifs is 2. The topological polar surface area (TPSA) is 92.3 Å². The first kappa shape index (κ1) is 19.0. The Labute approximate surface area is 180 Å². The lowest BCUT2D eigenvalue weighted by Crippen LogP contribution is -2.18. The first-order valence-corrected chi connectivity index (χ1v) is 10.5. The summed E-state index contributed by atoms with van der Waals surface area (Å²) >= 11 is 3.49. The molecule has 0 radical (unpaired) electrons. The molecule has 0 amide bonds. The first-order valence-electron chi connectivity index (χ1n) is 9.73. The molecule has 1 aliphatic rings. The van der Waals surface area contributed by atoms with Crippen LogP contribution in [0.2, 0.25) is 0 Å². The van der Waals surface area contributed by atoms with E-state index in [1.165, 1.54) is 0 Å². The van der Waals surface area contributed by atoms with Crippen molar-refractivity contribution in [1.29, 1.82) is 0 Å². The van der Waals surface area contributed by atoms with Crippen LogP contribution in [0.3, 0.4) is 0 Å². The molecular formula is C22H19BrN4O3. The van der Waals surface area contributed by atoms with Crippen LogP contribution < -0.4 is 5.73 Å². The molecule has 0 spiro atoms. The maximum Gasteiger partial charge on any atom is 0.344 e. The fraction of sp³-hybridized carbons (Fsp3) is 0.227. The van der Waals surface area contributed by atoms with Crippen LogP contribution in [0.1, 0.15) is 23.2 Å². The molecule has 1 aliphatic heterocycles. The molecule has 1 saturated heterocycles. The number of benzene rings is 2. The van der Waals surface area contributed by atoms with Gasteiger partial charge < -0.3 is 15.2 Å². The number of esters is 1. The monoisotopic (exact) mass is 466 g/mol. The summed E-state index contributed by atoms with van der Waals surface area (Å²) in [4.78, 5) is 22.5. The normalized spacial score (nSPS) is 16.4. The first-order chi connectivity index (χ1) is 14.6. The number of nitrogen functional groups attached to an aromatic ring is 1. The Kier molecular flexibility index (Phi) is 4.88. The summed E-state index contributed by atoms with van der Waals surface area (Å²) in [5.41, 5.74) is 9.81. The van der Waals surface area contributed by atoms with Crippen molar-refractivity contribution in [3.05, 3.63) is 58.6 Å². The zero-order valence-electron chi connectivity index (χ0n) is 16.0. The van der Waals surface area contributed by atoms with E-state index < -0.39 is 5.97 Å². The van der Waals surface area contributed by atoms with E-state index in [0.717, 1.165) is 28.5 Å². The maximum absolute atomic E-state index is 13.0. The Bertz CT molecular complexity index is 1260. The molecule has 0 saturated carbocycles. The minimum absolute atomic E-state index is 0.0690. The molecule has 0 unspecified atom stereocenters. The van der Waals surface area contributed by atoms with Gasteiger partial charge in [0.25, 0.3) is 0 Å². The van der Waals surface area contributed by atoms with Gasteiger partial charge in [0.15, 0.2) is 5.65 Å². The highest BCUT2D eigenvalue weighted by molar-refractivity contribution is 9.10. The molecule has 5 rings (SSSR count). The van der Waals surface area contributed by atoms with E-state index in [4.69, 9.17) is 25.2 Å². The molecule has 30 heavy (non-hydrogen) atoms. The molecule has 2 aromatic heterocycles. The number of carbonyl (C=O) groups is 1. The van der Waals surface area contributed by atoms with Gasteiger partial charge in [-0.15, -0.1) is 0 Å². The zero-order valence-corrected chi connectivity index (χ0v) is 17.6. The van der Waals surface area contributed by atoms with Crippen molar-refractivity contribution in [3.63, 3.8) is 0 Å². The smallest absolute Gasteiger partial charge is 0.344 e. The highest BCUT2D eigenvalue weighted by atomic mass is 79.9. The van der Waals surface area contributed by atoms with Crippen molar-refractivity contribution >= 4 is 49.9 Å². The quantitative estimate of drug-likeness (QED) is 0.451. The highest BCUT2D eigenvalue weighted by Crippen LogP contribution is 2.32. The van der Waals surface area contributed by atoms with E-state index in [9.17, 15) is 4.79 Å². The summed E-state index contributed by atoms with van der Waals surface area (Å²) in [6, 6.07) is 15.1. The van der Waals surface area contributed by atoms with Crippen molar-refractivity contribution < 1.29 is 14.3 Å². The maximum atomic E-state index is 13.0. The van der Waals surface area contributed by atoms with Gasteiger partial charge in [0.2, 0.25) is 0 Å². The molecule has 0 bridgehead atoms. The lowest BCUT2D eigenvalue weighted by Gasteiger charge is -2.10. The van der Waals surface area contributed by atoms with Crippen molar-refractivity contribution in [3.8, 4) is 5.69 Å². The van der Waals surface area contributed by atoms with Gasteiger partial charge in [-0.25, -0.2) is 14.8 Å². The standard InChI is InChI=1S/C22H19BrN4O3/c23-13-5-3-6-14(11-13)27-20(24)18(22(28)30-12-15-7-4-10-29-15)19-21(27)26-17-9-2-1-8-16(17)25-19/h1-3,5-6,8-9,11,15H,4,7,10,12,24H2/t15-/m1/s1. The Balaban J connectivity index is 1.67. The number of halogens is 1. The second-order valence-corrected chi connectivity index (χ2v) is 8.11. The van der Waals surface area contributed by atoms with Crippen LogP contribution in [-0.2, 0) is 9.47 Å². The van der Waals surface area contributed by atoms with Crippen molar-refractivity contribution in [2.24, 2.45) is 0 Å². The van der Waals surface area contributed by atoms with Gasteiger partial charge >= 0.3 is 5.97 Å². The number of nitrogens with zero attached hydrogens (tertiary/aromatic N) is 3. The van der Waals surface area contributed by atoms with Gasteiger partial charge in [-0.2, -0.15) is 0 Å². The third kappa shape index (κ3) is 3.32. The van der Waals surface area contributed by atoms with Gasteiger partial charge in [-0.05, 0) is 43.2 Å². The van der Waals surface area contributed by atoms with Crippen LogP contribution in [0.4, 0.5) is 5.82 Å². The van der Waals surface area contributed by atoms with Gasteiger partial charge in [0.1, 0.15) is 23.5 Å². The number of hydrogen-bond donors (Lipinski definition) is 1. The second-order valence-electron chi connectivity index (χ2n) is 7.19. The molecule has 152 valence electrons. The van der Waals surface area contributed by atoms with Crippen molar-refractivity contribution in [2.75, 3.05) is 18.9 Å². The molecule has 2 N–H and O–H groups in total. The molecular weight excluding hydrogens is 448 g/mol. The molecule has 1 fully saturated rings. The van der Waals surface area contributed by atoms with Crippen LogP contribution >= 0.6 is 15.9 Å². The van der Waals surface area contributed by atoms with Crippen molar-refractivity contribution in [2.45, 2.75) is 18.9 Å². The van der Waals surface area contributed by atoms with E-state index >= 15 is 0 Å². The van der Waals surface area contributed by atoms with Gasteiger partial charge in [-0.1, -0.05) is 34.1 Å². The Morgan fingerprint density at radius 1 is 1.20 bits per heavy atom. The fourth-order valence-electron chi connectivity index (χ4n) is 3.76. The summed E-state index contributed by atoms with van der Waals surface area (Å²) in [6.45, 7) is 0.896. The summed E-state index contributed by atoms with van der Waals surface area (Å²) in [5, 5.41) is 0. The van der Waals surface area contributed by atoms with Crippen molar-refractivity contribution in [1.82, 2.24) is 14.5 Å². The lowest BCUT2D eigenvalue weighted by atomic mass is 10.2. The van der Waals surface area contributed by atoms with Gasteiger partial charge in [0.05, 0.1) is 22.8 Å². The summed E-state index contributed by atoms with van der Waals surface area (Å²) in [5.74, 6) is -0.276. The summed E-state index contributed by atoms with van der Waals surface area (Å²) in [6.07, 6.45) is 1.79. The van der Waals surface area contributed by atoms with E-state index in [1.807, 2.05) is 48.5 Å². The number of para-hydroxylation sites is 2. The largest absolute Gasteiger partial charge is 0.459 e. The zero-order chi connectivity index (χ0) is 20.7. The minimum Gasteiger partial charge on any atom is -0.459 e. The van der Waals surface area contributed by atoms with Crippen LogP contribution in [0, 0.1) is 0 Å². The number of rotatable bonds is 4. The van der Waals surface area contributed by atoms with E-state index in [0.29, 0.717) is 23.3 Å². The number of carbonyl (C=O) groups excluding carboxylic acids is 1. The number of nitrogens with two attached hydrogens (primary N) is 1. The lowest BCUT2D eigenvalue weighted by molar-refractivity contribution is 0.0163. The van der Waals surface area contributed by atoms with Crippen LogP contribution in [0.5, 0.6) is 0 Å². The fourth-order valence-corrected chi connectivity index (χ4v) is 4.14. The Morgan fingerprint density at radius 3 is 2.73 bits per heavy atom. The number of aromatic nitrogens is 3. The number of ether oxygens (including phenoxy) is 2. The third-order valence-electron chi connectivity index (χ3n) is 5.19. The molecule has 1 atom stereocenters. The average Bonchev–Trinajstić information content (AvgIpc) is 3.35. The predicted molar refractivity (Wildman–Crippen MR) is 118 cm³/mol. The van der Waals surface area contributed by atoms with Gasteiger partial charge in [-0.3, -0.25) is 4.57 Å². The van der Waals surface area contributed by atoms with Gasteiger partial charge in [0, 0.05) is 11.1 Å². The Morgan fingerprint density at radius 2 is 2.00 bits per heavy atom. The van der Waals surface area contributed by atoms with E-state index in [1.54, 1.807) is 4.57 Å². The number of hydrogen-bond acceptors (Lipinski definition) is 6. The highest BCUT2D eigenvalue weighted by Gasteiger charge is 2.27. The molecule has 0 aliphatic carbocycles. The molecule has 7 nitrogen and oxygen atoms in total. The SMILES string of the molecule is Nc1c(C(=O)OC[C@H]2CCCO2)c2nc3ccccc3nc2n1-c1cccc(Br)c1. The summed E-state index contributed by atoms with van der Waals surface area (Å²) < 4.78 is 13.7. The second kappa shape index (κ2) is 7.70. The van der Waals surface area contributed by atoms with E-state index in [-0.39, 0.29) is 24.1 Å². The predicted octanol–water partition coefficient (Wildman–Crippen LogP) is 4.25.